The second kappa shape index (κ2) is 5.54. The van der Waals surface area contributed by atoms with Gasteiger partial charge < -0.3 is 10.8 Å². The molecule has 0 spiro atoms. The Balaban J connectivity index is 0.00000121. The van der Waals surface area contributed by atoms with Crippen molar-refractivity contribution in [2.75, 3.05) is 6.61 Å². The van der Waals surface area contributed by atoms with E-state index in [1.54, 1.807) is 11.3 Å². The van der Waals surface area contributed by atoms with Gasteiger partial charge in [0.05, 0.1) is 6.61 Å². The predicted molar refractivity (Wildman–Crippen MR) is 55.1 cm³/mol. The van der Waals surface area contributed by atoms with Gasteiger partial charge in [-0.05, 0) is 25.5 Å². The molecule has 1 aromatic heterocycles. The summed E-state index contributed by atoms with van der Waals surface area (Å²) in [5, 5.41) is 8.68. The number of nitrogens with two attached hydrogens (primary N) is 1. The van der Waals surface area contributed by atoms with Crippen LogP contribution >= 0.6 is 23.7 Å². The zero-order valence-corrected chi connectivity index (χ0v) is 8.62. The predicted octanol–water partition coefficient (Wildman–Crippen LogP) is 1.34. The van der Waals surface area contributed by atoms with Gasteiger partial charge in [0.2, 0.25) is 0 Å². The Kier molecular flexibility index (Phi) is 5.50. The molecule has 4 heteroatoms. The highest BCUT2D eigenvalue weighted by atomic mass is 35.5. The summed E-state index contributed by atoms with van der Waals surface area (Å²) >= 11 is 1.74. The van der Waals surface area contributed by atoms with Gasteiger partial charge in [0.25, 0.3) is 0 Å². The molecule has 1 heterocycles. The minimum atomic E-state index is -0.104. The third-order valence-corrected chi connectivity index (χ3v) is 2.52. The van der Waals surface area contributed by atoms with Crippen LogP contribution < -0.4 is 5.73 Å². The van der Waals surface area contributed by atoms with Crippen molar-refractivity contribution in [3.05, 3.63) is 21.9 Å². The highest BCUT2D eigenvalue weighted by Crippen LogP contribution is 2.15. The van der Waals surface area contributed by atoms with Gasteiger partial charge in [0.1, 0.15) is 0 Å². The Labute approximate surface area is 82.8 Å². The summed E-state index contributed by atoms with van der Waals surface area (Å²) in [7, 11) is 0. The van der Waals surface area contributed by atoms with Gasteiger partial charge in [-0.15, -0.1) is 23.7 Å². The molecule has 0 saturated heterocycles. The number of aliphatic hydroxyl groups is 1. The topological polar surface area (TPSA) is 46.2 Å². The van der Waals surface area contributed by atoms with Crippen molar-refractivity contribution in [1.29, 1.82) is 0 Å². The maximum atomic E-state index is 8.68. The van der Waals surface area contributed by atoms with Crippen LogP contribution in [0, 0.1) is 6.92 Å². The zero-order chi connectivity index (χ0) is 8.27. The average Bonchev–Trinajstić information content (AvgIpc) is 2.35. The first-order valence-electron chi connectivity index (χ1n) is 3.64. The van der Waals surface area contributed by atoms with E-state index >= 15 is 0 Å². The Morgan fingerprint density at radius 1 is 1.58 bits per heavy atom. The summed E-state index contributed by atoms with van der Waals surface area (Å²) in [6.45, 7) is 2.13. The van der Waals surface area contributed by atoms with E-state index < -0.39 is 0 Å². The molecule has 0 radical (unpaired) electrons. The van der Waals surface area contributed by atoms with Crippen molar-refractivity contribution < 1.29 is 5.11 Å². The Morgan fingerprint density at radius 2 is 2.25 bits per heavy atom. The van der Waals surface area contributed by atoms with Crippen LogP contribution in [0.5, 0.6) is 0 Å². The highest BCUT2D eigenvalue weighted by molar-refractivity contribution is 7.11. The van der Waals surface area contributed by atoms with Crippen LogP contribution in [0.1, 0.15) is 9.75 Å². The van der Waals surface area contributed by atoms with Gasteiger partial charge in [0.15, 0.2) is 0 Å². The normalized spacial score (nSPS) is 12.2. The number of thiophene rings is 1. The summed E-state index contributed by atoms with van der Waals surface area (Å²) in [4.78, 5) is 2.55. The lowest BCUT2D eigenvalue weighted by Gasteiger charge is -2.04. The monoisotopic (exact) mass is 207 g/mol. The summed E-state index contributed by atoms with van der Waals surface area (Å²) in [5.74, 6) is 0. The van der Waals surface area contributed by atoms with E-state index in [1.165, 1.54) is 9.75 Å². The fourth-order valence-electron chi connectivity index (χ4n) is 0.918. The van der Waals surface area contributed by atoms with Crippen LogP contribution in [0.15, 0.2) is 12.1 Å². The number of hydrogen-bond acceptors (Lipinski definition) is 3. The van der Waals surface area contributed by atoms with E-state index in [1.807, 2.05) is 0 Å². The first-order valence-corrected chi connectivity index (χ1v) is 4.46. The SMILES string of the molecule is Cc1ccc(CC(N)CO)s1.Cl. The molecule has 70 valence electrons. The van der Waals surface area contributed by atoms with E-state index in [0.29, 0.717) is 0 Å². The van der Waals surface area contributed by atoms with Crippen LogP contribution in [0.3, 0.4) is 0 Å². The first-order chi connectivity index (χ1) is 5.22. The van der Waals surface area contributed by atoms with Gasteiger partial charge in [0, 0.05) is 15.8 Å². The van der Waals surface area contributed by atoms with E-state index in [4.69, 9.17) is 10.8 Å². The largest absolute Gasteiger partial charge is 0.395 e. The molecule has 0 aliphatic rings. The van der Waals surface area contributed by atoms with Crippen LogP contribution in [0.25, 0.3) is 0 Å². The molecular formula is C8H14ClNOS. The van der Waals surface area contributed by atoms with Gasteiger partial charge in [-0.25, -0.2) is 0 Å². The summed E-state index contributed by atoms with van der Waals surface area (Å²) < 4.78 is 0. The standard InChI is InChI=1S/C8H13NOS.ClH/c1-6-2-3-8(11-6)4-7(9)5-10;/h2-3,7,10H,4-5,9H2,1H3;1H. The highest BCUT2D eigenvalue weighted by Gasteiger charge is 2.03. The average molecular weight is 208 g/mol. The lowest BCUT2D eigenvalue weighted by Crippen LogP contribution is -2.26. The smallest absolute Gasteiger partial charge is 0.0586 e. The van der Waals surface area contributed by atoms with Crippen molar-refractivity contribution in [2.45, 2.75) is 19.4 Å². The molecule has 0 fully saturated rings. The number of halogens is 1. The van der Waals surface area contributed by atoms with E-state index in [9.17, 15) is 0 Å². The van der Waals surface area contributed by atoms with E-state index in [-0.39, 0.29) is 25.1 Å². The molecule has 1 rings (SSSR count). The van der Waals surface area contributed by atoms with Crippen molar-refractivity contribution in [3.63, 3.8) is 0 Å². The molecule has 2 nitrogen and oxygen atoms in total. The maximum Gasteiger partial charge on any atom is 0.0586 e. The molecule has 0 amide bonds. The Bertz CT molecular complexity index is 227. The van der Waals surface area contributed by atoms with E-state index in [0.717, 1.165) is 6.42 Å². The number of aliphatic hydroxyl groups excluding tert-OH is 1. The lowest BCUT2D eigenvalue weighted by molar-refractivity contribution is 0.266. The second-order valence-electron chi connectivity index (χ2n) is 2.66. The Hall–Kier alpha value is -0.0900. The van der Waals surface area contributed by atoms with Crippen LogP contribution in [0.2, 0.25) is 0 Å². The quantitative estimate of drug-likeness (QED) is 0.786. The molecule has 0 saturated carbocycles. The fourth-order valence-corrected chi connectivity index (χ4v) is 1.90. The maximum absolute atomic E-state index is 8.68. The summed E-state index contributed by atoms with van der Waals surface area (Å²) in [6.07, 6.45) is 0.787. The second-order valence-corrected chi connectivity index (χ2v) is 4.03. The van der Waals surface area contributed by atoms with Crippen LogP contribution in [-0.4, -0.2) is 17.8 Å². The molecule has 0 aliphatic carbocycles. The molecule has 3 N–H and O–H groups in total. The summed E-state index contributed by atoms with van der Waals surface area (Å²) in [5.41, 5.74) is 5.57. The number of rotatable bonds is 3. The molecule has 0 aromatic carbocycles. The zero-order valence-electron chi connectivity index (χ0n) is 6.99. The molecule has 0 aliphatic heterocycles. The third kappa shape index (κ3) is 3.54. The molecular weight excluding hydrogens is 194 g/mol. The van der Waals surface area contributed by atoms with Crippen molar-refractivity contribution in [1.82, 2.24) is 0 Å². The van der Waals surface area contributed by atoms with E-state index in [2.05, 4.69) is 19.1 Å². The molecule has 1 unspecified atom stereocenters. The van der Waals surface area contributed by atoms with Gasteiger partial charge in [-0.3, -0.25) is 0 Å². The fraction of sp³-hybridized carbons (Fsp3) is 0.500. The third-order valence-electron chi connectivity index (χ3n) is 1.49. The minimum absolute atomic E-state index is 0. The minimum Gasteiger partial charge on any atom is -0.395 e. The number of hydrogen-bond donors (Lipinski definition) is 2. The lowest BCUT2D eigenvalue weighted by atomic mass is 10.2. The van der Waals surface area contributed by atoms with Crippen molar-refractivity contribution >= 4 is 23.7 Å². The molecule has 1 aromatic rings. The molecule has 1 atom stereocenters. The van der Waals surface area contributed by atoms with Crippen molar-refractivity contribution in [2.24, 2.45) is 5.73 Å². The van der Waals surface area contributed by atoms with Gasteiger partial charge in [-0.2, -0.15) is 0 Å². The van der Waals surface area contributed by atoms with Crippen molar-refractivity contribution in [3.8, 4) is 0 Å². The van der Waals surface area contributed by atoms with Gasteiger partial charge >= 0.3 is 0 Å². The molecule has 0 bridgehead atoms. The van der Waals surface area contributed by atoms with Gasteiger partial charge in [-0.1, -0.05) is 0 Å². The van der Waals surface area contributed by atoms with Crippen LogP contribution in [0.4, 0.5) is 0 Å². The Morgan fingerprint density at radius 3 is 2.67 bits per heavy atom. The first kappa shape index (κ1) is 11.9. The number of aryl methyl sites for hydroxylation is 1. The van der Waals surface area contributed by atoms with Crippen LogP contribution in [-0.2, 0) is 6.42 Å². The molecule has 12 heavy (non-hydrogen) atoms. The summed E-state index contributed by atoms with van der Waals surface area (Å²) in [6, 6.07) is 4.03.